The van der Waals surface area contributed by atoms with Crippen LogP contribution in [0.3, 0.4) is 0 Å². The summed E-state index contributed by atoms with van der Waals surface area (Å²) in [4.78, 5) is 21.2. The summed E-state index contributed by atoms with van der Waals surface area (Å²) in [7, 11) is 0. The summed E-state index contributed by atoms with van der Waals surface area (Å²) in [5.41, 5.74) is 0.905. The van der Waals surface area contributed by atoms with E-state index in [1.807, 2.05) is 13.0 Å². The standard InChI is InChI=1S/C13H18N2O4/c1-2-4-13(16)19-8-7-14-10-11-5-3-6-12(9-11)15(17)18/h3,5-6,9,14H,2,4,7-8,10H2,1H3. The van der Waals surface area contributed by atoms with E-state index >= 15 is 0 Å². The van der Waals surface area contributed by atoms with Gasteiger partial charge in [0.25, 0.3) is 5.69 Å². The first-order valence-electron chi connectivity index (χ1n) is 6.23. The van der Waals surface area contributed by atoms with Crippen LogP contribution in [0.25, 0.3) is 0 Å². The predicted octanol–water partition coefficient (Wildman–Crippen LogP) is 2.03. The minimum absolute atomic E-state index is 0.0775. The Bertz CT molecular complexity index is 434. The van der Waals surface area contributed by atoms with E-state index in [9.17, 15) is 14.9 Å². The van der Waals surface area contributed by atoms with Crippen molar-refractivity contribution < 1.29 is 14.5 Å². The lowest BCUT2D eigenvalue weighted by atomic mass is 10.2. The van der Waals surface area contributed by atoms with Crippen LogP contribution in [0.1, 0.15) is 25.3 Å². The third-order valence-corrected chi connectivity index (χ3v) is 2.45. The number of rotatable bonds is 8. The zero-order valence-corrected chi connectivity index (χ0v) is 10.9. The molecule has 0 bridgehead atoms. The number of nitrogens with zero attached hydrogens (tertiary/aromatic N) is 1. The smallest absolute Gasteiger partial charge is 0.305 e. The Morgan fingerprint density at radius 3 is 2.95 bits per heavy atom. The van der Waals surface area contributed by atoms with E-state index in [1.54, 1.807) is 6.07 Å². The number of ether oxygens (including phenoxy) is 1. The number of carbonyl (C=O) groups excluding carboxylic acids is 1. The molecule has 104 valence electrons. The van der Waals surface area contributed by atoms with Gasteiger partial charge in [-0.3, -0.25) is 14.9 Å². The molecule has 0 fully saturated rings. The Morgan fingerprint density at radius 1 is 1.47 bits per heavy atom. The molecule has 0 saturated heterocycles. The first kappa shape index (κ1) is 15.1. The van der Waals surface area contributed by atoms with Crippen LogP contribution < -0.4 is 5.32 Å². The molecule has 0 heterocycles. The van der Waals surface area contributed by atoms with Crippen LogP contribution in [-0.2, 0) is 16.1 Å². The Kier molecular flexibility index (Phi) is 6.52. The molecule has 0 aromatic heterocycles. The van der Waals surface area contributed by atoms with Gasteiger partial charge in [-0.25, -0.2) is 0 Å². The van der Waals surface area contributed by atoms with Crippen LogP contribution in [-0.4, -0.2) is 24.0 Å². The van der Waals surface area contributed by atoms with E-state index in [1.165, 1.54) is 12.1 Å². The summed E-state index contributed by atoms with van der Waals surface area (Å²) in [6.45, 7) is 3.26. The number of benzene rings is 1. The van der Waals surface area contributed by atoms with Crippen molar-refractivity contribution in [3.63, 3.8) is 0 Å². The van der Waals surface area contributed by atoms with E-state index in [4.69, 9.17) is 4.74 Å². The number of nitro benzene ring substituents is 1. The van der Waals surface area contributed by atoms with E-state index in [-0.39, 0.29) is 11.7 Å². The molecule has 0 saturated carbocycles. The van der Waals surface area contributed by atoms with Crippen LogP contribution >= 0.6 is 0 Å². The highest BCUT2D eigenvalue weighted by molar-refractivity contribution is 5.69. The molecule has 0 radical (unpaired) electrons. The van der Waals surface area contributed by atoms with Gasteiger partial charge in [-0.2, -0.15) is 0 Å². The number of carbonyl (C=O) groups is 1. The van der Waals surface area contributed by atoms with E-state index in [0.717, 1.165) is 12.0 Å². The molecule has 0 aliphatic rings. The molecule has 19 heavy (non-hydrogen) atoms. The van der Waals surface area contributed by atoms with E-state index < -0.39 is 4.92 Å². The summed E-state index contributed by atoms with van der Waals surface area (Å²) in [5.74, 6) is -0.195. The molecule has 1 aromatic rings. The number of esters is 1. The first-order valence-corrected chi connectivity index (χ1v) is 6.23. The van der Waals surface area contributed by atoms with Gasteiger partial charge in [-0.15, -0.1) is 0 Å². The maximum atomic E-state index is 11.1. The molecule has 6 nitrogen and oxygen atoms in total. The van der Waals surface area contributed by atoms with Gasteiger partial charge in [0.1, 0.15) is 6.61 Å². The molecule has 0 aliphatic heterocycles. The number of hydrogen-bond acceptors (Lipinski definition) is 5. The normalized spacial score (nSPS) is 10.2. The average Bonchev–Trinajstić information content (AvgIpc) is 2.39. The summed E-state index contributed by atoms with van der Waals surface area (Å²) in [6, 6.07) is 6.44. The average molecular weight is 266 g/mol. The highest BCUT2D eigenvalue weighted by Crippen LogP contribution is 2.12. The zero-order valence-electron chi connectivity index (χ0n) is 10.9. The van der Waals surface area contributed by atoms with Crippen molar-refractivity contribution in [2.24, 2.45) is 0 Å². The highest BCUT2D eigenvalue weighted by atomic mass is 16.6. The second-order valence-corrected chi connectivity index (χ2v) is 4.07. The molecule has 1 N–H and O–H groups in total. The topological polar surface area (TPSA) is 81.5 Å². The van der Waals surface area contributed by atoms with E-state index in [0.29, 0.717) is 26.1 Å². The summed E-state index contributed by atoms with van der Waals surface area (Å²) in [6.07, 6.45) is 1.21. The van der Waals surface area contributed by atoms with Crippen LogP contribution in [0.5, 0.6) is 0 Å². The Hall–Kier alpha value is -1.95. The molecule has 1 aromatic carbocycles. The molecular formula is C13H18N2O4. The fourth-order valence-corrected chi connectivity index (χ4v) is 1.53. The molecule has 0 spiro atoms. The fourth-order valence-electron chi connectivity index (χ4n) is 1.53. The van der Waals surface area contributed by atoms with Crippen molar-refractivity contribution in [1.82, 2.24) is 5.32 Å². The lowest BCUT2D eigenvalue weighted by molar-refractivity contribution is -0.384. The van der Waals surface area contributed by atoms with Gasteiger partial charge in [-0.05, 0) is 12.0 Å². The van der Waals surface area contributed by atoms with Gasteiger partial charge in [0, 0.05) is 31.6 Å². The van der Waals surface area contributed by atoms with Crippen LogP contribution in [0.15, 0.2) is 24.3 Å². The molecule has 0 unspecified atom stereocenters. The monoisotopic (exact) mass is 266 g/mol. The third-order valence-electron chi connectivity index (χ3n) is 2.45. The minimum Gasteiger partial charge on any atom is -0.464 e. The molecular weight excluding hydrogens is 248 g/mol. The van der Waals surface area contributed by atoms with Crippen LogP contribution in [0, 0.1) is 10.1 Å². The highest BCUT2D eigenvalue weighted by Gasteiger charge is 2.05. The van der Waals surface area contributed by atoms with Gasteiger partial charge in [0.05, 0.1) is 4.92 Å². The van der Waals surface area contributed by atoms with Crippen molar-refractivity contribution in [1.29, 1.82) is 0 Å². The zero-order chi connectivity index (χ0) is 14.1. The van der Waals surface area contributed by atoms with Crippen molar-refractivity contribution in [3.05, 3.63) is 39.9 Å². The van der Waals surface area contributed by atoms with Crippen molar-refractivity contribution in [2.75, 3.05) is 13.2 Å². The van der Waals surface area contributed by atoms with Gasteiger partial charge >= 0.3 is 5.97 Å². The Labute approximate surface area is 111 Å². The lowest BCUT2D eigenvalue weighted by Crippen LogP contribution is -2.21. The maximum Gasteiger partial charge on any atom is 0.305 e. The number of nitro groups is 1. The van der Waals surface area contributed by atoms with E-state index in [2.05, 4.69) is 5.32 Å². The second kappa shape index (κ2) is 8.20. The van der Waals surface area contributed by atoms with Gasteiger partial charge in [0.15, 0.2) is 0 Å². The third kappa shape index (κ3) is 5.96. The Balaban J connectivity index is 2.24. The van der Waals surface area contributed by atoms with Crippen LogP contribution in [0.4, 0.5) is 5.69 Å². The molecule has 0 atom stereocenters. The lowest BCUT2D eigenvalue weighted by Gasteiger charge is -2.06. The maximum absolute atomic E-state index is 11.1. The number of hydrogen-bond donors (Lipinski definition) is 1. The van der Waals surface area contributed by atoms with Crippen molar-refractivity contribution in [2.45, 2.75) is 26.3 Å². The first-order chi connectivity index (χ1) is 9.13. The summed E-state index contributed by atoms with van der Waals surface area (Å²) < 4.78 is 4.97. The minimum atomic E-state index is -0.421. The SMILES string of the molecule is CCCC(=O)OCCNCc1cccc([N+](=O)[O-])c1. The van der Waals surface area contributed by atoms with Gasteiger partial charge < -0.3 is 10.1 Å². The van der Waals surface area contributed by atoms with Crippen molar-refractivity contribution in [3.8, 4) is 0 Å². The van der Waals surface area contributed by atoms with Crippen molar-refractivity contribution >= 4 is 11.7 Å². The predicted molar refractivity (Wildman–Crippen MR) is 70.7 cm³/mol. The van der Waals surface area contributed by atoms with Gasteiger partial charge in [-0.1, -0.05) is 19.1 Å². The fraction of sp³-hybridized carbons (Fsp3) is 0.462. The number of non-ortho nitro benzene ring substituents is 1. The molecule has 0 amide bonds. The molecule has 0 aliphatic carbocycles. The summed E-state index contributed by atoms with van der Waals surface area (Å²) >= 11 is 0. The summed E-state index contributed by atoms with van der Waals surface area (Å²) in [5, 5.41) is 13.7. The van der Waals surface area contributed by atoms with Gasteiger partial charge in [0.2, 0.25) is 0 Å². The molecule has 6 heteroatoms. The quantitative estimate of drug-likeness (QED) is 0.337. The van der Waals surface area contributed by atoms with Crippen LogP contribution in [0.2, 0.25) is 0 Å². The Morgan fingerprint density at radius 2 is 2.26 bits per heavy atom. The largest absolute Gasteiger partial charge is 0.464 e. The number of nitrogens with one attached hydrogen (secondary N) is 1. The second-order valence-electron chi connectivity index (χ2n) is 4.07. The molecule has 1 rings (SSSR count).